The van der Waals surface area contributed by atoms with Crippen molar-refractivity contribution in [3.05, 3.63) is 11.9 Å². The van der Waals surface area contributed by atoms with Gasteiger partial charge >= 0.3 is 5.97 Å². The van der Waals surface area contributed by atoms with Crippen molar-refractivity contribution in [1.82, 2.24) is 20.3 Å². The number of carbonyl (C=O) groups excluding carboxylic acids is 1. The Morgan fingerprint density at radius 3 is 2.84 bits per heavy atom. The Labute approximate surface area is 115 Å². The van der Waals surface area contributed by atoms with Crippen molar-refractivity contribution in [2.24, 2.45) is 0 Å². The van der Waals surface area contributed by atoms with Crippen LogP contribution in [0.25, 0.3) is 0 Å². The summed E-state index contributed by atoms with van der Waals surface area (Å²) in [6.07, 6.45) is 6.51. The van der Waals surface area contributed by atoms with E-state index in [4.69, 9.17) is 5.11 Å². The van der Waals surface area contributed by atoms with Gasteiger partial charge in [-0.25, -0.2) is 9.48 Å². The minimum absolute atomic E-state index is 0.00884. The zero-order valence-corrected chi connectivity index (χ0v) is 11.7. The molecule has 0 aliphatic heterocycles. The lowest BCUT2D eigenvalue weighted by atomic mass is 10.2. The number of hydrogen-bond donors (Lipinski definition) is 2. The number of carboxylic acids is 1. The Kier molecular flexibility index (Phi) is 6.94. The molecule has 0 fully saturated rings. The summed E-state index contributed by atoms with van der Waals surface area (Å²) < 4.78 is 1.21. The van der Waals surface area contributed by atoms with Crippen LogP contribution in [0, 0.1) is 0 Å². The summed E-state index contributed by atoms with van der Waals surface area (Å²) in [5.41, 5.74) is -0.162. The summed E-state index contributed by atoms with van der Waals surface area (Å²) in [4.78, 5) is 22.1. The fourth-order valence-corrected chi connectivity index (χ4v) is 1.95. The van der Waals surface area contributed by atoms with Gasteiger partial charge in [-0.15, -0.1) is 5.10 Å². The number of rotatable bonds is 9. The molecule has 7 nitrogen and oxygen atoms in total. The Bertz CT molecular complexity index is 422. The summed E-state index contributed by atoms with van der Waals surface area (Å²) in [6, 6.07) is 0. The Balaban J connectivity index is 2.18. The van der Waals surface area contributed by atoms with Crippen LogP contribution in [0.2, 0.25) is 0 Å². The van der Waals surface area contributed by atoms with Crippen LogP contribution in [0.1, 0.15) is 29.8 Å². The van der Waals surface area contributed by atoms with Crippen molar-refractivity contribution in [2.75, 3.05) is 18.6 Å². The monoisotopic (exact) mass is 286 g/mol. The number of aromatic nitrogens is 3. The molecule has 1 aromatic heterocycles. The predicted molar refractivity (Wildman–Crippen MR) is 72.2 cm³/mol. The number of nitrogens with one attached hydrogen (secondary N) is 1. The van der Waals surface area contributed by atoms with Crippen molar-refractivity contribution in [3.63, 3.8) is 0 Å². The second-order valence-corrected chi connectivity index (χ2v) is 5.00. The van der Waals surface area contributed by atoms with Crippen LogP contribution in [0.5, 0.6) is 0 Å². The van der Waals surface area contributed by atoms with E-state index in [1.54, 1.807) is 0 Å². The minimum atomic E-state index is -1.15. The average molecular weight is 286 g/mol. The highest BCUT2D eigenvalue weighted by Crippen LogP contribution is 2.01. The second-order valence-electron chi connectivity index (χ2n) is 4.01. The van der Waals surface area contributed by atoms with Gasteiger partial charge in [0.15, 0.2) is 5.69 Å². The highest BCUT2D eigenvalue weighted by Gasteiger charge is 2.10. The Morgan fingerprint density at radius 2 is 2.21 bits per heavy atom. The largest absolute Gasteiger partial charge is 0.476 e. The molecule has 0 radical (unpaired) electrons. The number of nitrogens with zero attached hydrogens (tertiary/aromatic N) is 3. The molecule has 0 atom stereocenters. The van der Waals surface area contributed by atoms with Crippen molar-refractivity contribution < 1.29 is 14.7 Å². The fourth-order valence-electron chi connectivity index (χ4n) is 1.45. The lowest BCUT2D eigenvalue weighted by molar-refractivity contribution is -0.121. The highest BCUT2D eigenvalue weighted by molar-refractivity contribution is 7.98. The van der Waals surface area contributed by atoms with E-state index in [2.05, 4.69) is 21.9 Å². The first-order chi connectivity index (χ1) is 9.13. The number of carboxylic acid groups (broad SMARTS) is 1. The third-order valence-corrected chi connectivity index (χ3v) is 3.11. The summed E-state index contributed by atoms with van der Waals surface area (Å²) in [5.74, 6) is -0.197. The maximum atomic E-state index is 11.5. The van der Waals surface area contributed by atoms with Crippen LogP contribution in [0.4, 0.5) is 0 Å². The summed E-state index contributed by atoms with van der Waals surface area (Å²) in [7, 11) is 0. The standard InChI is InChI=1S/C11H18N4O3S/c1-19-6-4-2-3-5-12-10(16)8-15-7-9(11(17)18)13-14-15/h7H,2-6,8H2,1H3,(H,12,16)(H,17,18). The number of unbranched alkanes of at least 4 members (excludes halogenated alkanes) is 2. The first-order valence-electron chi connectivity index (χ1n) is 6.02. The molecule has 0 aliphatic rings. The van der Waals surface area contributed by atoms with Gasteiger partial charge in [0.25, 0.3) is 0 Å². The maximum Gasteiger partial charge on any atom is 0.358 e. The van der Waals surface area contributed by atoms with Crippen molar-refractivity contribution in [2.45, 2.75) is 25.8 Å². The first-order valence-corrected chi connectivity index (χ1v) is 7.42. The molecular formula is C11H18N4O3S. The normalized spacial score (nSPS) is 10.4. The zero-order valence-electron chi connectivity index (χ0n) is 10.8. The predicted octanol–water partition coefficient (Wildman–Crippen LogP) is 0.626. The van der Waals surface area contributed by atoms with Gasteiger partial charge in [0, 0.05) is 6.54 Å². The Hall–Kier alpha value is -1.57. The summed E-state index contributed by atoms with van der Waals surface area (Å²) in [5, 5.41) is 18.4. The molecule has 0 bridgehead atoms. The molecule has 0 unspecified atom stereocenters. The quantitative estimate of drug-likeness (QED) is 0.646. The van der Waals surface area contributed by atoms with E-state index < -0.39 is 5.97 Å². The third kappa shape index (κ3) is 6.23. The molecule has 1 aromatic rings. The molecule has 2 N–H and O–H groups in total. The summed E-state index contributed by atoms with van der Waals surface area (Å²) in [6.45, 7) is 0.624. The van der Waals surface area contributed by atoms with Gasteiger partial charge < -0.3 is 10.4 Å². The van der Waals surface area contributed by atoms with E-state index in [0.717, 1.165) is 25.0 Å². The van der Waals surface area contributed by atoms with Gasteiger partial charge in [0.1, 0.15) is 6.54 Å². The molecule has 0 aliphatic carbocycles. The molecule has 8 heteroatoms. The van der Waals surface area contributed by atoms with Gasteiger partial charge in [0.2, 0.25) is 5.91 Å². The summed E-state index contributed by atoms with van der Waals surface area (Å²) >= 11 is 1.82. The number of carbonyl (C=O) groups is 2. The SMILES string of the molecule is CSCCCCCNC(=O)Cn1cc(C(=O)O)nn1. The van der Waals surface area contributed by atoms with E-state index >= 15 is 0 Å². The first kappa shape index (κ1) is 15.5. The molecule has 1 heterocycles. The van der Waals surface area contributed by atoms with Crippen molar-refractivity contribution in [1.29, 1.82) is 0 Å². The second kappa shape index (κ2) is 8.52. The molecular weight excluding hydrogens is 268 g/mol. The lowest BCUT2D eigenvalue weighted by Gasteiger charge is -2.04. The average Bonchev–Trinajstić information content (AvgIpc) is 2.82. The Morgan fingerprint density at radius 1 is 1.42 bits per heavy atom. The van der Waals surface area contributed by atoms with Gasteiger partial charge in [-0.2, -0.15) is 11.8 Å². The van der Waals surface area contributed by atoms with E-state index in [1.165, 1.54) is 10.9 Å². The number of aromatic carboxylic acids is 1. The van der Waals surface area contributed by atoms with Gasteiger partial charge in [-0.05, 0) is 24.9 Å². The van der Waals surface area contributed by atoms with E-state index in [1.807, 2.05) is 11.8 Å². The zero-order chi connectivity index (χ0) is 14.1. The molecule has 0 saturated carbocycles. The number of thioether (sulfide) groups is 1. The van der Waals surface area contributed by atoms with Crippen LogP contribution in [-0.2, 0) is 11.3 Å². The van der Waals surface area contributed by atoms with Gasteiger partial charge in [-0.3, -0.25) is 4.79 Å². The van der Waals surface area contributed by atoms with Crippen LogP contribution in [0.3, 0.4) is 0 Å². The van der Waals surface area contributed by atoms with Crippen LogP contribution in [0.15, 0.2) is 6.20 Å². The van der Waals surface area contributed by atoms with Crippen molar-refractivity contribution in [3.8, 4) is 0 Å². The number of amides is 1. The lowest BCUT2D eigenvalue weighted by Crippen LogP contribution is -2.28. The third-order valence-electron chi connectivity index (χ3n) is 2.41. The number of hydrogen-bond acceptors (Lipinski definition) is 5. The smallest absolute Gasteiger partial charge is 0.358 e. The maximum absolute atomic E-state index is 11.5. The van der Waals surface area contributed by atoms with Gasteiger partial charge in [-0.1, -0.05) is 11.6 Å². The fraction of sp³-hybridized carbons (Fsp3) is 0.636. The molecule has 19 heavy (non-hydrogen) atoms. The van der Waals surface area contributed by atoms with Crippen LogP contribution in [-0.4, -0.2) is 50.5 Å². The molecule has 1 amide bonds. The molecule has 1 rings (SSSR count). The highest BCUT2D eigenvalue weighted by atomic mass is 32.2. The van der Waals surface area contributed by atoms with E-state index in [-0.39, 0.29) is 18.1 Å². The van der Waals surface area contributed by atoms with E-state index in [0.29, 0.717) is 6.54 Å². The minimum Gasteiger partial charge on any atom is -0.476 e. The topological polar surface area (TPSA) is 97.1 Å². The molecule has 106 valence electrons. The molecule has 0 spiro atoms. The van der Waals surface area contributed by atoms with Crippen LogP contribution < -0.4 is 5.32 Å². The van der Waals surface area contributed by atoms with E-state index in [9.17, 15) is 9.59 Å². The van der Waals surface area contributed by atoms with Crippen LogP contribution >= 0.6 is 11.8 Å². The molecule has 0 saturated heterocycles. The van der Waals surface area contributed by atoms with Gasteiger partial charge in [0.05, 0.1) is 6.20 Å². The molecule has 0 aromatic carbocycles. The van der Waals surface area contributed by atoms with Crippen molar-refractivity contribution >= 4 is 23.6 Å².